The van der Waals surface area contributed by atoms with Gasteiger partial charge in [-0.1, -0.05) is 37.3 Å². The highest BCUT2D eigenvalue weighted by Crippen LogP contribution is 2.39. The van der Waals surface area contributed by atoms with Crippen molar-refractivity contribution in [3.8, 4) is 0 Å². The molecule has 0 amide bonds. The number of hydrogen-bond donors (Lipinski definition) is 0. The summed E-state index contributed by atoms with van der Waals surface area (Å²) in [7, 11) is 1.47. The third kappa shape index (κ3) is 4.07. The van der Waals surface area contributed by atoms with E-state index >= 15 is 0 Å². The van der Waals surface area contributed by atoms with Crippen molar-refractivity contribution in [2.24, 2.45) is 11.3 Å². The van der Waals surface area contributed by atoms with Crippen molar-refractivity contribution in [1.82, 2.24) is 0 Å². The van der Waals surface area contributed by atoms with Gasteiger partial charge in [-0.3, -0.25) is 4.79 Å². The highest BCUT2D eigenvalue weighted by atomic mass is 16.5. The average molecular weight is 276 g/mol. The summed E-state index contributed by atoms with van der Waals surface area (Å²) in [4.78, 5) is 11.5. The van der Waals surface area contributed by atoms with Gasteiger partial charge < -0.3 is 9.47 Å². The SMILES string of the molecule is COC(=O)C1CCC(C)(COCc2ccccc2)CC1. The molecule has 1 aliphatic carbocycles. The van der Waals surface area contributed by atoms with E-state index in [1.54, 1.807) is 0 Å². The Kier molecular flexibility index (Phi) is 5.18. The van der Waals surface area contributed by atoms with Crippen LogP contribution in [0.1, 0.15) is 38.2 Å². The van der Waals surface area contributed by atoms with Crippen LogP contribution in [-0.4, -0.2) is 19.7 Å². The molecule has 0 saturated heterocycles. The topological polar surface area (TPSA) is 35.5 Å². The first kappa shape index (κ1) is 15.0. The number of carbonyl (C=O) groups excluding carboxylic acids is 1. The second-order valence-corrected chi connectivity index (χ2v) is 6.09. The Morgan fingerprint density at radius 2 is 1.90 bits per heavy atom. The lowest BCUT2D eigenvalue weighted by atomic mass is 9.72. The van der Waals surface area contributed by atoms with Crippen molar-refractivity contribution < 1.29 is 14.3 Å². The van der Waals surface area contributed by atoms with Crippen LogP contribution in [0, 0.1) is 11.3 Å². The predicted molar refractivity (Wildman–Crippen MR) is 78.2 cm³/mol. The standard InChI is InChI=1S/C17H24O3/c1-17(10-8-15(9-11-17)16(18)19-2)13-20-12-14-6-4-3-5-7-14/h3-7,15H,8-13H2,1-2H3. The highest BCUT2D eigenvalue weighted by molar-refractivity contribution is 5.72. The van der Waals surface area contributed by atoms with E-state index in [0.29, 0.717) is 6.61 Å². The van der Waals surface area contributed by atoms with E-state index in [1.807, 2.05) is 18.2 Å². The van der Waals surface area contributed by atoms with Gasteiger partial charge in [-0.05, 0) is 36.7 Å². The minimum Gasteiger partial charge on any atom is -0.469 e. The van der Waals surface area contributed by atoms with Crippen LogP contribution in [0.4, 0.5) is 0 Å². The maximum atomic E-state index is 11.5. The molecule has 1 saturated carbocycles. The summed E-state index contributed by atoms with van der Waals surface area (Å²) in [6, 6.07) is 10.2. The fraction of sp³-hybridized carbons (Fsp3) is 0.588. The number of carbonyl (C=O) groups is 1. The van der Waals surface area contributed by atoms with Gasteiger partial charge in [0.15, 0.2) is 0 Å². The van der Waals surface area contributed by atoms with Crippen LogP contribution < -0.4 is 0 Å². The van der Waals surface area contributed by atoms with Gasteiger partial charge in [0, 0.05) is 0 Å². The molecule has 1 aliphatic rings. The average Bonchev–Trinajstić information content (AvgIpc) is 2.48. The molecule has 0 aliphatic heterocycles. The maximum Gasteiger partial charge on any atom is 0.308 e. The van der Waals surface area contributed by atoms with Crippen LogP contribution >= 0.6 is 0 Å². The molecule has 0 heterocycles. The number of hydrogen-bond acceptors (Lipinski definition) is 3. The lowest BCUT2D eigenvalue weighted by molar-refractivity contribution is -0.147. The largest absolute Gasteiger partial charge is 0.469 e. The summed E-state index contributed by atoms with van der Waals surface area (Å²) in [6.45, 7) is 3.68. The van der Waals surface area contributed by atoms with E-state index in [4.69, 9.17) is 9.47 Å². The highest BCUT2D eigenvalue weighted by Gasteiger charge is 2.34. The van der Waals surface area contributed by atoms with Crippen molar-refractivity contribution in [1.29, 1.82) is 0 Å². The van der Waals surface area contributed by atoms with Crippen molar-refractivity contribution >= 4 is 5.97 Å². The molecule has 1 aromatic rings. The Bertz CT molecular complexity index is 419. The van der Waals surface area contributed by atoms with Gasteiger partial charge in [0.2, 0.25) is 0 Å². The van der Waals surface area contributed by atoms with Gasteiger partial charge in [0.05, 0.1) is 26.2 Å². The maximum absolute atomic E-state index is 11.5. The van der Waals surface area contributed by atoms with Crippen molar-refractivity contribution in [2.45, 2.75) is 39.2 Å². The molecule has 0 bridgehead atoms. The fourth-order valence-electron chi connectivity index (χ4n) is 2.85. The summed E-state index contributed by atoms with van der Waals surface area (Å²) >= 11 is 0. The molecule has 110 valence electrons. The number of rotatable bonds is 5. The zero-order valence-corrected chi connectivity index (χ0v) is 12.4. The quantitative estimate of drug-likeness (QED) is 0.771. The lowest BCUT2D eigenvalue weighted by Gasteiger charge is -2.36. The van der Waals surface area contributed by atoms with E-state index in [1.165, 1.54) is 12.7 Å². The van der Waals surface area contributed by atoms with Crippen LogP contribution in [0.15, 0.2) is 30.3 Å². The zero-order valence-electron chi connectivity index (χ0n) is 12.4. The second kappa shape index (κ2) is 6.89. The van der Waals surface area contributed by atoms with Crippen molar-refractivity contribution in [3.05, 3.63) is 35.9 Å². The molecule has 0 N–H and O–H groups in total. The van der Waals surface area contributed by atoms with Crippen LogP contribution in [0.2, 0.25) is 0 Å². The minimum absolute atomic E-state index is 0.0581. The normalized spacial score (nSPS) is 26.2. The first-order chi connectivity index (χ1) is 9.63. The smallest absolute Gasteiger partial charge is 0.308 e. The lowest BCUT2D eigenvalue weighted by Crippen LogP contribution is -2.32. The Hall–Kier alpha value is -1.35. The first-order valence-corrected chi connectivity index (χ1v) is 7.32. The zero-order chi connectivity index (χ0) is 14.4. The van der Waals surface area contributed by atoms with Gasteiger partial charge in [-0.2, -0.15) is 0 Å². The number of ether oxygens (including phenoxy) is 2. The first-order valence-electron chi connectivity index (χ1n) is 7.32. The number of benzene rings is 1. The molecule has 20 heavy (non-hydrogen) atoms. The van der Waals surface area contributed by atoms with E-state index in [9.17, 15) is 4.79 Å². The molecule has 3 nitrogen and oxygen atoms in total. The molecule has 0 radical (unpaired) electrons. The van der Waals surface area contributed by atoms with Crippen molar-refractivity contribution in [2.75, 3.05) is 13.7 Å². The molecule has 0 unspecified atom stereocenters. The van der Waals surface area contributed by atoms with Crippen LogP contribution in [0.3, 0.4) is 0 Å². The van der Waals surface area contributed by atoms with Gasteiger partial charge in [0.1, 0.15) is 0 Å². The van der Waals surface area contributed by atoms with E-state index < -0.39 is 0 Å². The molecule has 0 atom stereocenters. The third-order valence-corrected chi connectivity index (χ3v) is 4.29. The van der Waals surface area contributed by atoms with Gasteiger partial charge >= 0.3 is 5.97 Å². The minimum atomic E-state index is -0.0581. The number of esters is 1. The summed E-state index contributed by atoms with van der Waals surface area (Å²) in [5.41, 5.74) is 1.40. The predicted octanol–water partition coefficient (Wildman–Crippen LogP) is 3.57. The fourth-order valence-corrected chi connectivity index (χ4v) is 2.85. The Morgan fingerprint density at radius 1 is 1.25 bits per heavy atom. The number of methoxy groups -OCH3 is 1. The van der Waals surface area contributed by atoms with Crippen LogP contribution in [0.25, 0.3) is 0 Å². The molecule has 2 rings (SSSR count). The molecule has 1 fully saturated rings. The van der Waals surface area contributed by atoms with Crippen LogP contribution in [-0.2, 0) is 20.9 Å². The molecule has 1 aromatic carbocycles. The summed E-state index contributed by atoms with van der Waals surface area (Å²) in [5, 5.41) is 0. The van der Waals surface area contributed by atoms with E-state index in [2.05, 4.69) is 19.1 Å². The third-order valence-electron chi connectivity index (χ3n) is 4.29. The summed E-state index contributed by atoms with van der Waals surface area (Å²) in [5.74, 6) is 0.0273. The molecule has 0 aromatic heterocycles. The van der Waals surface area contributed by atoms with Crippen LogP contribution in [0.5, 0.6) is 0 Å². The van der Waals surface area contributed by atoms with Crippen molar-refractivity contribution in [3.63, 3.8) is 0 Å². The van der Waals surface area contributed by atoms with E-state index in [-0.39, 0.29) is 17.3 Å². The molecule has 3 heteroatoms. The van der Waals surface area contributed by atoms with Gasteiger partial charge in [0.25, 0.3) is 0 Å². The van der Waals surface area contributed by atoms with Gasteiger partial charge in [-0.25, -0.2) is 0 Å². The monoisotopic (exact) mass is 276 g/mol. The second-order valence-electron chi connectivity index (χ2n) is 6.09. The molecular weight excluding hydrogens is 252 g/mol. The molecular formula is C17H24O3. The van der Waals surface area contributed by atoms with E-state index in [0.717, 1.165) is 32.3 Å². The Balaban J connectivity index is 1.75. The Labute approximate surface area is 121 Å². The van der Waals surface area contributed by atoms with Gasteiger partial charge in [-0.15, -0.1) is 0 Å². The molecule has 0 spiro atoms. The summed E-state index contributed by atoms with van der Waals surface area (Å²) in [6.07, 6.45) is 3.89. The summed E-state index contributed by atoms with van der Waals surface area (Å²) < 4.78 is 10.7. The Morgan fingerprint density at radius 3 is 2.50 bits per heavy atom.